The molecule has 1 N–H and O–H groups in total. The zero-order chi connectivity index (χ0) is 16.1. The molecule has 0 bridgehead atoms. The normalized spacial score (nSPS) is 11.0. The number of hydrazone groups is 1. The van der Waals surface area contributed by atoms with Gasteiger partial charge in [-0.15, -0.1) is 22.7 Å². The molecule has 0 radical (unpaired) electrons. The molecular formula is C16H14BrN3OS2. The molecule has 0 saturated heterocycles. The van der Waals surface area contributed by atoms with Gasteiger partial charge in [0.25, 0.3) is 0 Å². The summed E-state index contributed by atoms with van der Waals surface area (Å²) in [6.07, 6.45) is 1.76. The van der Waals surface area contributed by atoms with Crippen LogP contribution in [0.5, 0.6) is 5.75 Å². The van der Waals surface area contributed by atoms with Crippen molar-refractivity contribution in [2.24, 2.45) is 5.10 Å². The lowest BCUT2D eigenvalue weighted by Crippen LogP contribution is -1.94. The number of anilines is 1. The molecule has 0 atom stereocenters. The molecule has 2 aromatic heterocycles. The van der Waals surface area contributed by atoms with Crippen molar-refractivity contribution in [3.05, 3.63) is 51.1 Å². The number of thiophene rings is 1. The molecule has 0 saturated carbocycles. The van der Waals surface area contributed by atoms with E-state index in [-0.39, 0.29) is 0 Å². The molecule has 23 heavy (non-hydrogen) atoms. The van der Waals surface area contributed by atoms with E-state index in [9.17, 15) is 0 Å². The molecule has 3 rings (SSSR count). The summed E-state index contributed by atoms with van der Waals surface area (Å²) in [6, 6.07) is 9.93. The number of hydrogen-bond acceptors (Lipinski definition) is 6. The molecule has 118 valence electrons. The Hall–Kier alpha value is -1.70. The number of benzene rings is 1. The topological polar surface area (TPSA) is 46.5 Å². The van der Waals surface area contributed by atoms with Gasteiger partial charge < -0.3 is 4.74 Å². The molecule has 7 heteroatoms. The molecule has 0 aliphatic rings. The highest BCUT2D eigenvalue weighted by Crippen LogP contribution is 2.28. The van der Waals surface area contributed by atoms with E-state index >= 15 is 0 Å². The fourth-order valence-electron chi connectivity index (χ4n) is 1.89. The number of nitrogens with zero attached hydrogens (tertiary/aromatic N) is 2. The molecule has 4 nitrogen and oxygen atoms in total. The first-order chi connectivity index (χ1) is 11.3. The highest BCUT2D eigenvalue weighted by molar-refractivity contribution is 9.10. The lowest BCUT2D eigenvalue weighted by molar-refractivity contribution is 0.338. The Kier molecular flexibility index (Phi) is 5.43. The zero-order valence-corrected chi connectivity index (χ0v) is 15.5. The van der Waals surface area contributed by atoms with Crippen molar-refractivity contribution in [3.8, 4) is 16.3 Å². The van der Waals surface area contributed by atoms with Crippen LogP contribution in [0.25, 0.3) is 10.6 Å². The number of halogens is 1. The standard InChI is InChI=1S/C16H14BrN3OS2/c1-2-21-14-6-5-11(8-12(14)17)9-18-20-16-19-13(10-23-16)15-4-3-7-22-15/h3-10H,2H2,1H3,(H,19,20)/b18-9-. The Labute approximate surface area is 151 Å². The van der Waals surface area contributed by atoms with Crippen LogP contribution in [-0.2, 0) is 0 Å². The summed E-state index contributed by atoms with van der Waals surface area (Å²) in [7, 11) is 0. The molecule has 0 unspecified atom stereocenters. The van der Waals surface area contributed by atoms with Gasteiger partial charge in [-0.25, -0.2) is 4.98 Å². The first-order valence-corrected chi connectivity index (χ1v) is 9.52. The predicted molar refractivity (Wildman–Crippen MR) is 102 cm³/mol. The highest BCUT2D eigenvalue weighted by atomic mass is 79.9. The van der Waals surface area contributed by atoms with Crippen LogP contribution in [0, 0.1) is 0 Å². The zero-order valence-electron chi connectivity index (χ0n) is 12.3. The number of rotatable bonds is 6. The van der Waals surface area contributed by atoms with Crippen molar-refractivity contribution in [1.29, 1.82) is 0 Å². The van der Waals surface area contributed by atoms with E-state index < -0.39 is 0 Å². The molecule has 0 aliphatic carbocycles. The second-order valence-corrected chi connectivity index (χ2v) is 7.17. The molecular weight excluding hydrogens is 394 g/mol. The van der Waals surface area contributed by atoms with Crippen LogP contribution in [0.15, 0.2) is 50.7 Å². The summed E-state index contributed by atoms with van der Waals surface area (Å²) in [5.74, 6) is 0.832. The van der Waals surface area contributed by atoms with Crippen LogP contribution in [0.4, 0.5) is 5.13 Å². The van der Waals surface area contributed by atoms with Crippen molar-refractivity contribution in [2.45, 2.75) is 6.92 Å². The Balaban J connectivity index is 1.64. The van der Waals surface area contributed by atoms with Crippen LogP contribution >= 0.6 is 38.6 Å². The van der Waals surface area contributed by atoms with Crippen LogP contribution < -0.4 is 10.2 Å². The molecule has 3 aromatic rings. The SMILES string of the molecule is CCOc1ccc(/C=N\Nc2nc(-c3cccs3)cs2)cc1Br. The fourth-order valence-corrected chi connectivity index (χ4v) is 3.83. The van der Waals surface area contributed by atoms with E-state index in [1.54, 1.807) is 17.6 Å². The minimum absolute atomic E-state index is 0.643. The highest BCUT2D eigenvalue weighted by Gasteiger charge is 2.04. The monoisotopic (exact) mass is 407 g/mol. The lowest BCUT2D eigenvalue weighted by atomic mass is 10.2. The van der Waals surface area contributed by atoms with Gasteiger partial charge in [0.15, 0.2) is 0 Å². The predicted octanol–water partition coefficient (Wildman–Crippen LogP) is 5.48. The maximum Gasteiger partial charge on any atom is 0.203 e. The largest absolute Gasteiger partial charge is 0.493 e. The Morgan fingerprint density at radius 3 is 3.00 bits per heavy atom. The maximum absolute atomic E-state index is 5.49. The number of thiazole rings is 1. The smallest absolute Gasteiger partial charge is 0.203 e. The lowest BCUT2D eigenvalue weighted by Gasteiger charge is -2.05. The van der Waals surface area contributed by atoms with Gasteiger partial charge in [-0.2, -0.15) is 5.10 Å². The van der Waals surface area contributed by atoms with E-state index in [0.717, 1.165) is 31.5 Å². The average molecular weight is 408 g/mol. The van der Waals surface area contributed by atoms with Gasteiger partial charge in [0.1, 0.15) is 5.75 Å². The molecule has 0 fully saturated rings. The summed E-state index contributed by atoms with van der Waals surface area (Å²) in [6.45, 7) is 2.61. The van der Waals surface area contributed by atoms with E-state index in [1.807, 2.05) is 41.9 Å². The third-order valence-corrected chi connectivity index (χ3v) is 5.17. The van der Waals surface area contributed by atoms with Crippen LogP contribution in [0.1, 0.15) is 12.5 Å². The molecule has 0 amide bonds. The van der Waals surface area contributed by atoms with Crippen molar-refractivity contribution < 1.29 is 4.74 Å². The fraction of sp³-hybridized carbons (Fsp3) is 0.125. The van der Waals surface area contributed by atoms with Crippen molar-refractivity contribution in [3.63, 3.8) is 0 Å². The van der Waals surface area contributed by atoms with Crippen molar-refractivity contribution >= 4 is 49.9 Å². The first kappa shape index (κ1) is 16.2. The van der Waals surface area contributed by atoms with E-state index in [0.29, 0.717) is 6.61 Å². The average Bonchev–Trinajstić information content (AvgIpc) is 3.21. The number of nitrogens with one attached hydrogen (secondary N) is 1. The van der Waals surface area contributed by atoms with E-state index in [4.69, 9.17) is 4.74 Å². The summed E-state index contributed by atoms with van der Waals surface area (Å²) < 4.78 is 6.40. The Bertz CT molecular complexity index is 800. The van der Waals surface area contributed by atoms with Crippen LogP contribution in [-0.4, -0.2) is 17.8 Å². The number of hydrogen-bond donors (Lipinski definition) is 1. The summed E-state index contributed by atoms with van der Waals surface area (Å²) in [5.41, 5.74) is 4.92. The van der Waals surface area contributed by atoms with Gasteiger partial charge >= 0.3 is 0 Å². The first-order valence-electron chi connectivity index (χ1n) is 6.97. The van der Waals surface area contributed by atoms with Gasteiger partial charge in [-0.3, -0.25) is 5.43 Å². The number of ether oxygens (including phenoxy) is 1. The van der Waals surface area contributed by atoms with Gasteiger partial charge in [0, 0.05) is 5.38 Å². The van der Waals surface area contributed by atoms with Gasteiger partial charge in [0.2, 0.25) is 5.13 Å². The molecule has 2 heterocycles. The maximum atomic E-state index is 5.49. The molecule has 1 aromatic carbocycles. The van der Waals surface area contributed by atoms with Crippen molar-refractivity contribution in [1.82, 2.24) is 4.98 Å². The quantitative estimate of drug-likeness (QED) is 0.434. The Morgan fingerprint density at radius 1 is 1.35 bits per heavy atom. The van der Waals surface area contributed by atoms with Crippen LogP contribution in [0.3, 0.4) is 0 Å². The summed E-state index contributed by atoms with van der Waals surface area (Å²) in [5, 5.41) is 9.08. The third kappa shape index (κ3) is 4.19. The third-order valence-electron chi connectivity index (χ3n) is 2.91. The van der Waals surface area contributed by atoms with Gasteiger partial charge in [-0.1, -0.05) is 6.07 Å². The van der Waals surface area contributed by atoms with Crippen LogP contribution in [0.2, 0.25) is 0 Å². The summed E-state index contributed by atoms with van der Waals surface area (Å²) in [4.78, 5) is 5.68. The summed E-state index contributed by atoms with van der Waals surface area (Å²) >= 11 is 6.71. The van der Waals surface area contributed by atoms with Crippen molar-refractivity contribution in [2.75, 3.05) is 12.0 Å². The minimum Gasteiger partial charge on any atom is -0.493 e. The minimum atomic E-state index is 0.643. The number of aromatic nitrogens is 1. The second kappa shape index (κ2) is 7.72. The molecule has 0 aliphatic heterocycles. The molecule has 0 spiro atoms. The van der Waals surface area contributed by atoms with Gasteiger partial charge in [0.05, 0.1) is 27.9 Å². The van der Waals surface area contributed by atoms with Gasteiger partial charge in [-0.05, 0) is 58.1 Å². The second-order valence-electron chi connectivity index (χ2n) is 4.51. The van der Waals surface area contributed by atoms with E-state index in [2.05, 4.69) is 37.5 Å². The van der Waals surface area contributed by atoms with E-state index in [1.165, 1.54) is 11.3 Å². The Morgan fingerprint density at radius 2 is 2.26 bits per heavy atom.